The summed E-state index contributed by atoms with van der Waals surface area (Å²) in [6.07, 6.45) is 0.781. The van der Waals surface area contributed by atoms with E-state index in [1.54, 1.807) is 0 Å². The van der Waals surface area contributed by atoms with Gasteiger partial charge in [-0.15, -0.1) is 11.6 Å². The molecule has 1 rings (SSSR count). The van der Waals surface area contributed by atoms with Crippen LogP contribution in [0.2, 0.25) is 0 Å². The highest BCUT2D eigenvalue weighted by atomic mass is 79.9. The van der Waals surface area contributed by atoms with E-state index in [-0.39, 0.29) is 11.9 Å². The van der Waals surface area contributed by atoms with Crippen molar-refractivity contribution in [3.8, 4) is 0 Å². The summed E-state index contributed by atoms with van der Waals surface area (Å²) in [5, 5.41) is 2.92. The smallest absolute Gasteiger partial charge is 0.251 e. The molecule has 88 valence electrons. The van der Waals surface area contributed by atoms with Crippen molar-refractivity contribution in [2.75, 3.05) is 5.88 Å². The highest BCUT2D eigenvalue weighted by Crippen LogP contribution is 2.15. The van der Waals surface area contributed by atoms with Gasteiger partial charge in [-0.2, -0.15) is 0 Å². The van der Waals surface area contributed by atoms with E-state index < -0.39 is 0 Å². The van der Waals surface area contributed by atoms with Gasteiger partial charge < -0.3 is 5.32 Å². The summed E-state index contributed by atoms with van der Waals surface area (Å²) in [5.41, 5.74) is 1.68. The van der Waals surface area contributed by atoms with E-state index in [0.29, 0.717) is 11.4 Å². The summed E-state index contributed by atoms with van der Waals surface area (Å²) in [6.45, 7) is 3.88. The maximum absolute atomic E-state index is 11.9. The molecule has 0 saturated carbocycles. The van der Waals surface area contributed by atoms with E-state index in [1.165, 1.54) is 0 Å². The summed E-state index contributed by atoms with van der Waals surface area (Å²) >= 11 is 8.99. The Bertz CT molecular complexity index is 381. The molecule has 16 heavy (non-hydrogen) atoms. The predicted octanol–water partition coefficient (Wildman–Crippen LogP) is 3.50. The number of hydrogen-bond acceptors (Lipinski definition) is 1. The second-order valence-electron chi connectivity index (χ2n) is 3.81. The van der Waals surface area contributed by atoms with E-state index in [2.05, 4.69) is 21.2 Å². The second-order valence-corrected chi connectivity index (χ2v) is 5.11. The van der Waals surface area contributed by atoms with Gasteiger partial charge in [0.1, 0.15) is 0 Å². The van der Waals surface area contributed by atoms with E-state index in [0.717, 1.165) is 16.5 Å². The molecule has 0 heterocycles. The molecule has 0 spiro atoms. The first-order valence-corrected chi connectivity index (χ1v) is 6.50. The molecule has 4 heteroatoms. The molecule has 0 aliphatic carbocycles. The standard InChI is InChI=1S/C12H15BrClNO/c1-8-7-10(13)3-4-11(8)12(16)15-9(2)5-6-14/h3-4,7,9H,5-6H2,1-2H3,(H,15,16). The maximum atomic E-state index is 11.9. The van der Waals surface area contributed by atoms with Crippen LogP contribution in [0, 0.1) is 6.92 Å². The van der Waals surface area contributed by atoms with Crippen LogP contribution >= 0.6 is 27.5 Å². The Kier molecular flexibility index (Phi) is 5.29. The number of benzene rings is 1. The molecule has 1 unspecified atom stereocenters. The Labute approximate surface area is 110 Å². The quantitative estimate of drug-likeness (QED) is 0.848. The third-order valence-electron chi connectivity index (χ3n) is 2.35. The number of rotatable bonds is 4. The molecule has 2 nitrogen and oxygen atoms in total. The third kappa shape index (κ3) is 3.80. The minimum Gasteiger partial charge on any atom is -0.350 e. The molecule has 1 aromatic carbocycles. The second kappa shape index (κ2) is 6.26. The molecule has 0 saturated heterocycles. The van der Waals surface area contributed by atoms with E-state index in [9.17, 15) is 4.79 Å². The fourth-order valence-corrected chi connectivity index (χ4v) is 2.22. The first kappa shape index (κ1) is 13.5. The molecule has 0 fully saturated rings. The average Bonchev–Trinajstić information content (AvgIpc) is 2.17. The Morgan fingerprint density at radius 1 is 1.56 bits per heavy atom. The number of carbonyl (C=O) groups excluding carboxylic acids is 1. The molecule has 0 aromatic heterocycles. The predicted molar refractivity (Wildman–Crippen MR) is 71.1 cm³/mol. The average molecular weight is 305 g/mol. The van der Waals surface area contributed by atoms with Gasteiger partial charge in [-0.05, 0) is 44.0 Å². The fourth-order valence-electron chi connectivity index (χ4n) is 1.42. The summed E-state index contributed by atoms with van der Waals surface area (Å²) in [4.78, 5) is 11.9. The van der Waals surface area contributed by atoms with Crippen LogP contribution in [0.5, 0.6) is 0 Å². The molecule has 0 aliphatic heterocycles. The van der Waals surface area contributed by atoms with Crippen LogP contribution in [0.3, 0.4) is 0 Å². The number of hydrogen-bond donors (Lipinski definition) is 1. The molecule has 1 amide bonds. The van der Waals surface area contributed by atoms with Crippen molar-refractivity contribution in [2.45, 2.75) is 26.3 Å². The molecular formula is C12H15BrClNO. The summed E-state index contributed by atoms with van der Waals surface area (Å²) in [7, 11) is 0. The molecule has 0 bridgehead atoms. The monoisotopic (exact) mass is 303 g/mol. The SMILES string of the molecule is Cc1cc(Br)ccc1C(=O)NC(C)CCCl. The Morgan fingerprint density at radius 2 is 2.25 bits per heavy atom. The zero-order valence-electron chi connectivity index (χ0n) is 9.39. The first-order chi connectivity index (χ1) is 7.54. The van der Waals surface area contributed by atoms with Crippen LogP contribution < -0.4 is 5.32 Å². The van der Waals surface area contributed by atoms with Gasteiger partial charge in [0.25, 0.3) is 5.91 Å². The molecule has 1 atom stereocenters. The Morgan fingerprint density at radius 3 is 2.81 bits per heavy atom. The van der Waals surface area contributed by atoms with Crippen molar-refractivity contribution < 1.29 is 4.79 Å². The summed E-state index contributed by atoms with van der Waals surface area (Å²) < 4.78 is 0.982. The van der Waals surface area contributed by atoms with Crippen LogP contribution in [-0.4, -0.2) is 17.8 Å². The van der Waals surface area contributed by atoms with Gasteiger partial charge in [-0.1, -0.05) is 15.9 Å². The van der Waals surface area contributed by atoms with Gasteiger partial charge in [-0.25, -0.2) is 0 Å². The van der Waals surface area contributed by atoms with Crippen LogP contribution in [0.15, 0.2) is 22.7 Å². The van der Waals surface area contributed by atoms with Crippen LogP contribution in [0.4, 0.5) is 0 Å². The van der Waals surface area contributed by atoms with Crippen LogP contribution in [0.1, 0.15) is 29.3 Å². The van der Waals surface area contributed by atoms with Gasteiger partial charge in [0, 0.05) is 22.0 Å². The summed E-state index contributed by atoms with van der Waals surface area (Å²) in [5.74, 6) is 0.517. The van der Waals surface area contributed by atoms with E-state index in [1.807, 2.05) is 32.0 Å². The van der Waals surface area contributed by atoms with Crippen LogP contribution in [-0.2, 0) is 0 Å². The fraction of sp³-hybridized carbons (Fsp3) is 0.417. The van der Waals surface area contributed by atoms with Gasteiger partial charge >= 0.3 is 0 Å². The van der Waals surface area contributed by atoms with Crippen LogP contribution in [0.25, 0.3) is 0 Å². The number of carbonyl (C=O) groups is 1. The van der Waals surface area contributed by atoms with Gasteiger partial charge in [-0.3, -0.25) is 4.79 Å². The minimum absolute atomic E-state index is 0.0392. The van der Waals surface area contributed by atoms with Crippen molar-refractivity contribution in [1.29, 1.82) is 0 Å². The highest BCUT2D eigenvalue weighted by molar-refractivity contribution is 9.10. The number of amides is 1. The number of aryl methyl sites for hydroxylation is 1. The molecule has 0 aliphatic rings. The lowest BCUT2D eigenvalue weighted by molar-refractivity contribution is 0.0939. The minimum atomic E-state index is -0.0392. The Hall–Kier alpha value is -0.540. The number of halogens is 2. The zero-order chi connectivity index (χ0) is 12.1. The highest BCUT2D eigenvalue weighted by Gasteiger charge is 2.11. The van der Waals surface area contributed by atoms with Crippen molar-refractivity contribution in [1.82, 2.24) is 5.32 Å². The van der Waals surface area contributed by atoms with E-state index >= 15 is 0 Å². The third-order valence-corrected chi connectivity index (χ3v) is 3.06. The lowest BCUT2D eigenvalue weighted by Crippen LogP contribution is -2.33. The van der Waals surface area contributed by atoms with Crippen molar-refractivity contribution in [3.63, 3.8) is 0 Å². The molecule has 1 aromatic rings. The first-order valence-electron chi connectivity index (χ1n) is 5.17. The summed E-state index contributed by atoms with van der Waals surface area (Å²) in [6, 6.07) is 5.73. The zero-order valence-corrected chi connectivity index (χ0v) is 11.7. The normalized spacial score (nSPS) is 12.2. The molecular weight excluding hydrogens is 289 g/mol. The van der Waals surface area contributed by atoms with Crippen molar-refractivity contribution in [3.05, 3.63) is 33.8 Å². The van der Waals surface area contributed by atoms with Gasteiger partial charge in [0.15, 0.2) is 0 Å². The number of alkyl halides is 1. The topological polar surface area (TPSA) is 29.1 Å². The van der Waals surface area contributed by atoms with E-state index in [4.69, 9.17) is 11.6 Å². The lowest BCUT2D eigenvalue weighted by atomic mass is 10.1. The lowest BCUT2D eigenvalue weighted by Gasteiger charge is -2.13. The van der Waals surface area contributed by atoms with Crippen molar-refractivity contribution >= 4 is 33.4 Å². The van der Waals surface area contributed by atoms with Crippen molar-refractivity contribution in [2.24, 2.45) is 0 Å². The Balaban J connectivity index is 2.73. The maximum Gasteiger partial charge on any atom is 0.251 e. The number of nitrogens with one attached hydrogen (secondary N) is 1. The largest absolute Gasteiger partial charge is 0.350 e. The van der Waals surface area contributed by atoms with Gasteiger partial charge in [0.2, 0.25) is 0 Å². The van der Waals surface area contributed by atoms with Gasteiger partial charge in [0.05, 0.1) is 0 Å². The molecule has 0 radical (unpaired) electrons. The molecule has 1 N–H and O–H groups in total.